The molecule has 0 bridgehead atoms. The van der Waals surface area contributed by atoms with E-state index in [-0.39, 0.29) is 0 Å². The number of aromatic nitrogens is 5. The van der Waals surface area contributed by atoms with Crippen molar-refractivity contribution in [2.45, 2.75) is 6.54 Å². The highest BCUT2D eigenvalue weighted by Gasteiger charge is 2.04. The lowest BCUT2D eigenvalue weighted by molar-refractivity contribution is 0.778. The molecular formula is C11H13N7. The van der Waals surface area contributed by atoms with E-state index in [1.165, 1.54) is 0 Å². The zero-order chi connectivity index (χ0) is 12.5. The number of rotatable bonds is 3. The molecule has 0 aliphatic rings. The summed E-state index contributed by atoms with van der Waals surface area (Å²) in [6, 6.07) is 3.72. The van der Waals surface area contributed by atoms with Gasteiger partial charge in [-0.05, 0) is 6.07 Å². The third-order valence-electron chi connectivity index (χ3n) is 2.78. The van der Waals surface area contributed by atoms with E-state index in [2.05, 4.69) is 20.5 Å². The van der Waals surface area contributed by atoms with E-state index in [4.69, 9.17) is 5.73 Å². The predicted molar refractivity (Wildman–Crippen MR) is 67.9 cm³/mol. The van der Waals surface area contributed by atoms with Crippen molar-refractivity contribution in [2.24, 2.45) is 7.05 Å². The van der Waals surface area contributed by atoms with Crippen LogP contribution in [0.3, 0.4) is 0 Å². The van der Waals surface area contributed by atoms with Crippen molar-refractivity contribution in [2.75, 3.05) is 11.1 Å². The number of anilines is 2. The summed E-state index contributed by atoms with van der Waals surface area (Å²) in [6.45, 7) is 0.594. The van der Waals surface area contributed by atoms with Crippen molar-refractivity contribution in [3.05, 3.63) is 36.3 Å². The number of nitrogens with zero attached hydrogens (tertiary/aromatic N) is 5. The first-order valence-corrected chi connectivity index (χ1v) is 5.54. The van der Waals surface area contributed by atoms with Gasteiger partial charge in [-0.15, -0.1) is 0 Å². The molecule has 3 rings (SSSR count). The van der Waals surface area contributed by atoms with Crippen molar-refractivity contribution in [3.63, 3.8) is 0 Å². The Bertz CT molecular complexity index is 682. The second-order valence-corrected chi connectivity index (χ2v) is 3.98. The summed E-state index contributed by atoms with van der Waals surface area (Å²) in [6.07, 6.45) is 5.32. The molecule has 0 unspecified atom stereocenters. The third kappa shape index (κ3) is 1.75. The van der Waals surface area contributed by atoms with Gasteiger partial charge in [-0.3, -0.25) is 4.68 Å². The molecule has 0 aliphatic heterocycles. The minimum Gasteiger partial charge on any atom is -0.384 e. The highest BCUT2D eigenvalue weighted by atomic mass is 15.3. The van der Waals surface area contributed by atoms with Crippen LogP contribution in [0.1, 0.15) is 5.56 Å². The maximum Gasteiger partial charge on any atom is 0.157 e. The van der Waals surface area contributed by atoms with Crippen molar-refractivity contribution in [1.29, 1.82) is 0 Å². The van der Waals surface area contributed by atoms with E-state index in [0.717, 1.165) is 17.0 Å². The molecule has 0 radical (unpaired) electrons. The molecule has 0 saturated heterocycles. The highest BCUT2D eigenvalue weighted by Crippen LogP contribution is 2.12. The van der Waals surface area contributed by atoms with Crippen LogP contribution in [0.15, 0.2) is 30.7 Å². The predicted octanol–water partition coefficient (Wildman–Crippen LogP) is 0.657. The van der Waals surface area contributed by atoms with Crippen LogP contribution in [-0.4, -0.2) is 24.4 Å². The molecule has 3 N–H and O–H groups in total. The van der Waals surface area contributed by atoms with Crippen molar-refractivity contribution >= 4 is 17.3 Å². The Kier molecular flexibility index (Phi) is 2.36. The largest absolute Gasteiger partial charge is 0.384 e. The second kappa shape index (κ2) is 4.02. The van der Waals surface area contributed by atoms with Gasteiger partial charge in [0.1, 0.15) is 11.6 Å². The first-order valence-electron chi connectivity index (χ1n) is 5.54. The SMILES string of the molecule is Cn1ncc(CNc2ccn3nccc3n2)c1N. The average Bonchev–Trinajstić information content (AvgIpc) is 2.96. The maximum absolute atomic E-state index is 5.87. The van der Waals surface area contributed by atoms with Gasteiger partial charge < -0.3 is 11.1 Å². The minimum absolute atomic E-state index is 0.594. The summed E-state index contributed by atoms with van der Waals surface area (Å²) in [5, 5.41) is 11.4. The molecule has 7 heteroatoms. The van der Waals surface area contributed by atoms with Crippen molar-refractivity contribution in [1.82, 2.24) is 24.4 Å². The van der Waals surface area contributed by atoms with E-state index >= 15 is 0 Å². The molecule has 0 saturated carbocycles. The molecule has 0 spiro atoms. The molecule has 92 valence electrons. The molecular weight excluding hydrogens is 230 g/mol. The van der Waals surface area contributed by atoms with Crippen molar-refractivity contribution < 1.29 is 0 Å². The van der Waals surface area contributed by atoms with Gasteiger partial charge in [-0.25, -0.2) is 9.50 Å². The zero-order valence-corrected chi connectivity index (χ0v) is 9.91. The molecule has 18 heavy (non-hydrogen) atoms. The fourth-order valence-electron chi connectivity index (χ4n) is 1.73. The van der Waals surface area contributed by atoms with Crippen LogP contribution >= 0.6 is 0 Å². The monoisotopic (exact) mass is 243 g/mol. The van der Waals surface area contributed by atoms with E-state index in [1.54, 1.807) is 21.6 Å². The Morgan fingerprint density at radius 3 is 3.00 bits per heavy atom. The van der Waals surface area contributed by atoms with Gasteiger partial charge in [0.05, 0.1) is 12.4 Å². The normalized spacial score (nSPS) is 10.9. The Balaban J connectivity index is 1.78. The first-order chi connectivity index (χ1) is 8.74. The second-order valence-electron chi connectivity index (χ2n) is 3.98. The average molecular weight is 243 g/mol. The summed E-state index contributed by atoms with van der Waals surface area (Å²) in [5.41, 5.74) is 7.62. The van der Waals surface area contributed by atoms with Gasteiger partial charge >= 0.3 is 0 Å². The van der Waals surface area contributed by atoms with E-state index in [9.17, 15) is 0 Å². The fraction of sp³-hybridized carbons (Fsp3) is 0.182. The van der Waals surface area contributed by atoms with Crippen LogP contribution in [0.2, 0.25) is 0 Å². The fourth-order valence-corrected chi connectivity index (χ4v) is 1.73. The van der Waals surface area contributed by atoms with E-state index in [1.807, 2.05) is 25.4 Å². The van der Waals surface area contributed by atoms with Crippen LogP contribution in [0.25, 0.3) is 5.65 Å². The summed E-state index contributed by atoms with van der Waals surface area (Å²) < 4.78 is 3.36. The zero-order valence-electron chi connectivity index (χ0n) is 9.91. The molecule has 0 amide bonds. The van der Waals surface area contributed by atoms with Crippen LogP contribution in [0, 0.1) is 0 Å². The number of nitrogens with two attached hydrogens (primary N) is 1. The quantitative estimate of drug-likeness (QED) is 0.705. The van der Waals surface area contributed by atoms with Crippen LogP contribution in [0.4, 0.5) is 11.6 Å². The van der Waals surface area contributed by atoms with Crippen LogP contribution in [0.5, 0.6) is 0 Å². The van der Waals surface area contributed by atoms with Gasteiger partial charge in [0.15, 0.2) is 5.65 Å². The van der Waals surface area contributed by atoms with Crippen LogP contribution in [-0.2, 0) is 13.6 Å². The number of nitrogens with one attached hydrogen (secondary N) is 1. The number of aryl methyl sites for hydroxylation is 1. The van der Waals surface area contributed by atoms with Gasteiger partial charge in [0.25, 0.3) is 0 Å². The summed E-state index contributed by atoms with van der Waals surface area (Å²) in [4.78, 5) is 4.41. The van der Waals surface area contributed by atoms with Gasteiger partial charge in [0.2, 0.25) is 0 Å². The number of hydrogen-bond donors (Lipinski definition) is 2. The minimum atomic E-state index is 0.594. The number of fused-ring (bicyclic) bond motifs is 1. The lowest BCUT2D eigenvalue weighted by atomic mass is 10.3. The standard InChI is InChI=1S/C11H13N7/c1-17-11(12)8(7-15-17)6-13-9-3-5-18-10(16-9)2-4-14-18/h2-5,7H,6,12H2,1H3,(H,13,16). The third-order valence-corrected chi connectivity index (χ3v) is 2.78. The van der Waals surface area contributed by atoms with E-state index in [0.29, 0.717) is 12.4 Å². The lowest BCUT2D eigenvalue weighted by Crippen LogP contribution is -2.05. The van der Waals surface area contributed by atoms with Gasteiger partial charge in [-0.2, -0.15) is 10.2 Å². The maximum atomic E-state index is 5.87. The highest BCUT2D eigenvalue weighted by molar-refractivity contribution is 5.47. The van der Waals surface area contributed by atoms with Crippen molar-refractivity contribution in [3.8, 4) is 0 Å². The van der Waals surface area contributed by atoms with Crippen LogP contribution < -0.4 is 11.1 Å². The molecule has 3 aromatic rings. The molecule has 3 heterocycles. The summed E-state index contributed by atoms with van der Waals surface area (Å²) in [7, 11) is 1.81. The first kappa shape index (κ1) is 10.6. The summed E-state index contributed by atoms with van der Waals surface area (Å²) in [5.74, 6) is 1.44. The molecule has 3 aromatic heterocycles. The Hall–Kier alpha value is -2.57. The Labute approximate surface area is 103 Å². The van der Waals surface area contributed by atoms with E-state index < -0.39 is 0 Å². The molecule has 0 atom stereocenters. The lowest BCUT2D eigenvalue weighted by Gasteiger charge is -2.05. The Morgan fingerprint density at radius 1 is 1.33 bits per heavy atom. The Morgan fingerprint density at radius 2 is 2.22 bits per heavy atom. The smallest absolute Gasteiger partial charge is 0.157 e. The molecule has 7 nitrogen and oxygen atoms in total. The topological polar surface area (TPSA) is 86.1 Å². The molecule has 0 aliphatic carbocycles. The van der Waals surface area contributed by atoms with Gasteiger partial charge in [-0.1, -0.05) is 0 Å². The van der Waals surface area contributed by atoms with Gasteiger partial charge in [0, 0.05) is 31.4 Å². The summed E-state index contributed by atoms with van der Waals surface area (Å²) >= 11 is 0. The number of nitrogen functional groups attached to an aromatic ring is 1. The molecule has 0 fully saturated rings. The number of hydrogen-bond acceptors (Lipinski definition) is 5. The molecule has 0 aromatic carbocycles.